The second kappa shape index (κ2) is 5.00. The second-order valence-corrected chi connectivity index (χ2v) is 4.40. The lowest BCUT2D eigenvalue weighted by Gasteiger charge is -2.07. The average molecular weight is 240 g/mol. The van der Waals surface area contributed by atoms with E-state index in [0.29, 0.717) is 0 Å². The van der Waals surface area contributed by atoms with Crippen LogP contribution in [0, 0.1) is 13.8 Å². The molecule has 0 aliphatic rings. The molecule has 0 aliphatic carbocycles. The first-order chi connectivity index (χ1) is 8.54. The lowest BCUT2D eigenvalue weighted by atomic mass is 10.0. The van der Waals surface area contributed by atoms with Crippen molar-refractivity contribution in [2.24, 2.45) is 0 Å². The Kier molecular flexibility index (Phi) is 3.42. The predicted octanol–water partition coefficient (Wildman–Crippen LogP) is 3.32. The van der Waals surface area contributed by atoms with Gasteiger partial charge in [-0.25, -0.2) is 0 Å². The molecule has 0 saturated carbocycles. The number of pyridine rings is 1. The number of aryl methyl sites for hydroxylation is 2. The molecule has 0 fully saturated rings. The number of nitrogens with zero attached hydrogens (tertiary/aromatic N) is 1. The molecule has 2 rings (SSSR count). The summed E-state index contributed by atoms with van der Waals surface area (Å²) in [7, 11) is 0. The van der Waals surface area contributed by atoms with E-state index in [0.717, 1.165) is 28.2 Å². The van der Waals surface area contributed by atoms with Gasteiger partial charge in [-0.15, -0.1) is 0 Å². The topological polar surface area (TPSA) is 42.0 Å². The van der Waals surface area contributed by atoms with E-state index in [2.05, 4.69) is 10.3 Å². The quantitative estimate of drug-likeness (QED) is 0.874. The maximum absolute atomic E-state index is 11.0. The van der Waals surface area contributed by atoms with Gasteiger partial charge in [0, 0.05) is 24.0 Å². The Morgan fingerprint density at radius 2 is 1.72 bits per heavy atom. The summed E-state index contributed by atoms with van der Waals surface area (Å²) in [5.41, 5.74) is 5.00. The highest BCUT2D eigenvalue weighted by atomic mass is 16.1. The van der Waals surface area contributed by atoms with Crippen LogP contribution in [0.15, 0.2) is 36.4 Å². The summed E-state index contributed by atoms with van der Waals surface area (Å²) in [6.45, 7) is 5.47. The number of rotatable bonds is 2. The van der Waals surface area contributed by atoms with Gasteiger partial charge in [-0.05, 0) is 49.2 Å². The minimum atomic E-state index is -0.0609. The van der Waals surface area contributed by atoms with Crippen molar-refractivity contribution in [3.8, 4) is 11.1 Å². The molecule has 2 aromatic rings. The van der Waals surface area contributed by atoms with Gasteiger partial charge in [0.25, 0.3) is 0 Å². The third-order valence-electron chi connectivity index (χ3n) is 2.60. The van der Waals surface area contributed by atoms with Gasteiger partial charge < -0.3 is 5.32 Å². The molecule has 0 radical (unpaired) electrons. The van der Waals surface area contributed by atoms with Crippen molar-refractivity contribution in [3.63, 3.8) is 0 Å². The van der Waals surface area contributed by atoms with E-state index < -0.39 is 0 Å². The minimum absolute atomic E-state index is 0.0609. The van der Waals surface area contributed by atoms with Crippen LogP contribution in [-0.2, 0) is 4.79 Å². The molecule has 1 heterocycles. The van der Waals surface area contributed by atoms with E-state index in [4.69, 9.17) is 0 Å². The van der Waals surface area contributed by atoms with Crippen molar-refractivity contribution in [2.75, 3.05) is 5.32 Å². The molecule has 0 bridgehead atoms. The average Bonchev–Trinajstić information content (AvgIpc) is 2.27. The molecule has 0 atom stereocenters. The van der Waals surface area contributed by atoms with Crippen LogP contribution in [-0.4, -0.2) is 10.9 Å². The Bertz CT molecular complexity index is 571. The first-order valence-corrected chi connectivity index (χ1v) is 5.88. The molecule has 0 unspecified atom stereocenters. The second-order valence-electron chi connectivity index (χ2n) is 4.40. The lowest BCUT2D eigenvalue weighted by Crippen LogP contribution is -2.05. The van der Waals surface area contributed by atoms with Crippen LogP contribution in [0.4, 0.5) is 5.69 Å². The Hall–Kier alpha value is -2.16. The van der Waals surface area contributed by atoms with Crippen LogP contribution < -0.4 is 5.32 Å². The van der Waals surface area contributed by atoms with Crippen LogP contribution in [0.1, 0.15) is 18.3 Å². The number of carbonyl (C=O) groups excluding carboxylic acids is 1. The van der Waals surface area contributed by atoms with Crippen LogP contribution >= 0.6 is 0 Å². The number of anilines is 1. The van der Waals surface area contributed by atoms with E-state index >= 15 is 0 Å². The van der Waals surface area contributed by atoms with Gasteiger partial charge in [0.05, 0.1) is 0 Å². The van der Waals surface area contributed by atoms with E-state index in [-0.39, 0.29) is 5.91 Å². The molecule has 3 heteroatoms. The summed E-state index contributed by atoms with van der Waals surface area (Å²) < 4.78 is 0. The van der Waals surface area contributed by atoms with Gasteiger partial charge in [0.1, 0.15) is 0 Å². The summed E-state index contributed by atoms with van der Waals surface area (Å²) in [4.78, 5) is 15.4. The number of carbonyl (C=O) groups is 1. The Morgan fingerprint density at radius 3 is 2.33 bits per heavy atom. The van der Waals surface area contributed by atoms with E-state index in [1.165, 1.54) is 6.92 Å². The third-order valence-corrected chi connectivity index (χ3v) is 2.60. The summed E-state index contributed by atoms with van der Waals surface area (Å²) in [6.07, 6.45) is 0. The predicted molar refractivity (Wildman–Crippen MR) is 73.5 cm³/mol. The van der Waals surface area contributed by atoms with Crippen molar-refractivity contribution in [2.45, 2.75) is 20.8 Å². The zero-order valence-electron chi connectivity index (χ0n) is 10.8. The summed E-state index contributed by atoms with van der Waals surface area (Å²) in [6, 6.07) is 11.9. The van der Waals surface area contributed by atoms with E-state index in [1.54, 1.807) is 0 Å². The number of nitrogens with one attached hydrogen (secondary N) is 1. The van der Waals surface area contributed by atoms with Gasteiger partial charge in [0.15, 0.2) is 0 Å². The van der Waals surface area contributed by atoms with Crippen molar-refractivity contribution >= 4 is 11.6 Å². The number of hydrogen-bond donors (Lipinski definition) is 1. The number of benzene rings is 1. The normalized spacial score (nSPS) is 10.2. The monoisotopic (exact) mass is 240 g/mol. The fourth-order valence-electron chi connectivity index (χ4n) is 1.98. The highest BCUT2D eigenvalue weighted by Gasteiger charge is 2.02. The Labute approximate surface area is 107 Å². The van der Waals surface area contributed by atoms with Crippen molar-refractivity contribution in [1.82, 2.24) is 4.98 Å². The van der Waals surface area contributed by atoms with E-state index in [1.807, 2.05) is 50.2 Å². The van der Waals surface area contributed by atoms with Crippen LogP contribution in [0.2, 0.25) is 0 Å². The molecule has 18 heavy (non-hydrogen) atoms. The van der Waals surface area contributed by atoms with Gasteiger partial charge >= 0.3 is 0 Å². The summed E-state index contributed by atoms with van der Waals surface area (Å²) in [5, 5.41) is 2.79. The molecule has 0 saturated heterocycles. The first kappa shape index (κ1) is 12.3. The first-order valence-electron chi connectivity index (χ1n) is 5.88. The molecule has 3 nitrogen and oxygen atoms in total. The molecule has 1 N–H and O–H groups in total. The minimum Gasteiger partial charge on any atom is -0.326 e. The highest BCUT2D eigenvalue weighted by Crippen LogP contribution is 2.23. The SMILES string of the molecule is CC(=O)Nc1cccc(-c2cc(C)nc(C)c2)c1. The van der Waals surface area contributed by atoms with Crippen molar-refractivity contribution in [1.29, 1.82) is 0 Å². The molecule has 1 amide bonds. The van der Waals surface area contributed by atoms with Crippen LogP contribution in [0.25, 0.3) is 11.1 Å². The third kappa shape index (κ3) is 2.94. The zero-order chi connectivity index (χ0) is 13.1. The maximum Gasteiger partial charge on any atom is 0.221 e. The van der Waals surface area contributed by atoms with Gasteiger partial charge in [0.2, 0.25) is 5.91 Å². The van der Waals surface area contributed by atoms with Gasteiger partial charge in [-0.1, -0.05) is 12.1 Å². The zero-order valence-corrected chi connectivity index (χ0v) is 10.8. The molecule has 92 valence electrons. The summed E-state index contributed by atoms with van der Waals surface area (Å²) in [5.74, 6) is -0.0609. The lowest BCUT2D eigenvalue weighted by molar-refractivity contribution is -0.114. The van der Waals surface area contributed by atoms with Gasteiger partial charge in [-0.2, -0.15) is 0 Å². The molecule has 1 aromatic carbocycles. The largest absolute Gasteiger partial charge is 0.326 e. The smallest absolute Gasteiger partial charge is 0.221 e. The van der Waals surface area contributed by atoms with Crippen molar-refractivity contribution < 1.29 is 4.79 Å². The molecule has 0 aliphatic heterocycles. The Balaban J connectivity index is 2.41. The molecule has 0 spiro atoms. The molecular weight excluding hydrogens is 224 g/mol. The van der Waals surface area contributed by atoms with Crippen LogP contribution in [0.3, 0.4) is 0 Å². The Morgan fingerprint density at radius 1 is 1.06 bits per heavy atom. The molecule has 1 aromatic heterocycles. The van der Waals surface area contributed by atoms with Crippen LogP contribution in [0.5, 0.6) is 0 Å². The van der Waals surface area contributed by atoms with Gasteiger partial charge in [-0.3, -0.25) is 9.78 Å². The number of amides is 1. The van der Waals surface area contributed by atoms with Crippen molar-refractivity contribution in [3.05, 3.63) is 47.8 Å². The van der Waals surface area contributed by atoms with E-state index in [9.17, 15) is 4.79 Å². The number of aromatic nitrogens is 1. The summed E-state index contributed by atoms with van der Waals surface area (Å²) >= 11 is 0. The fraction of sp³-hybridized carbons (Fsp3) is 0.200. The highest BCUT2D eigenvalue weighted by molar-refractivity contribution is 5.89. The fourth-order valence-corrected chi connectivity index (χ4v) is 1.98. The number of hydrogen-bond acceptors (Lipinski definition) is 2. The maximum atomic E-state index is 11.0. The standard InChI is InChI=1S/C15H16N2O/c1-10-7-14(8-11(2)16-10)13-5-4-6-15(9-13)17-12(3)18/h4-9H,1-3H3,(H,17,18). The molecular formula is C15H16N2O.